The summed E-state index contributed by atoms with van der Waals surface area (Å²) in [6.45, 7) is 1.70. The number of aliphatic carboxylic acids is 5. The molecule has 0 radical (unpaired) electrons. The maximum atomic E-state index is 13.9. The highest BCUT2D eigenvalue weighted by Gasteiger charge is 2.34. The predicted octanol–water partition coefficient (Wildman–Crippen LogP) is -5.91. The Morgan fingerprint density at radius 2 is 0.805 bits per heavy atom. The lowest BCUT2D eigenvalue weighted by Crippen LogP contribution is -2.59. The van der Waals surface area contributed by atoms with E-state index in [2.05, 4.69) is 47.9 Å². The van der Waals surface area contributed by atoms with Crippen LogP contribution in [0.2, 0.25) is 0 Å². The lowest BCUT2D eigenvalue weighted by molar-refractivity contribution is -0.145. The molecule has 2 aromatic carbocycles. The van der Waals surface area contributed by atoms with E-state index in [0.29, 0.717) is 11.1 Å². The fraction of sp³-hybridized carbons (Fsp3) is 0.460. The first-order chi connectivity index (χ1) is 38.5. The molecule has 32 heteroatoms. The molecule has 0 saturated heterocycles. The fourth-order valence-electron chi connectivity index (χ4n) is 7.18. The molecular weight excluding hydrogens is 1090 g/mol. The summed E-state index contributed by atoms with van der Waals surface area (Å²) in [6, 6.07) is 1.29. The topological polar surface area (TPSA) is 524 Å². The van der Waals surface area contributed by atoms with E-state index in [1.54, 1.807) is 60.7 Å². The van der Waals surface area contributed by atoms with Crippen LogP contribution in [-0.4, -0.2) is 193 Å². The molecule has 32 nitrogen and oxygen atoms in total. The van der Waals surface area contributed by atoms with E-state index >= 15 is 0 Å². The van der Waals surface area contributed by atoms with Gasteiger partial charge in [0.15, 0.2) is 6.04 Å². The predicted molar refractivity (Wildman–Crippen MR) is 279 cm³/mol. The molecule has 2 aromatic rings. The molecule has 10 atom stereocenters. The van der Waals surface area contributed by atoms with Crippen molar-refractivity contribution in [3.8, 4) is 0 Å². The first-order valence-corrected chi connectivity index (χ1v) is 25.1. The van der Waals surface area contributed by atoms with Crippen molar-refractivity contribution in [3.63, 3.8) is 0 Å². The number of aliphatic hydroxyl groups excluding tert-OH is 1. The Morgan fingerprint density at radius 1 is 0.415 bits per heavy atom. The van der Waals surface area contributed by atoms with Crippen molar-refractivity contribution in [1.82, 2.24) is 53.2 Å². The van der Waals surface area contributed by atoms with E-state index < -0.39 is 201 Å². The monoisotopic (exact) mass is 1160 g/mol. The quantitative estimate of drug-likeness (QED) is 0.0302. The standard InChI is InChI=1S/C50H67N11O21/c1-24(42(73)54-25(2)43(74)57-31(15-17-38(67)68)47(78)61-41(26(3)62)50(81)82)55-46(77)30(14-16-37(65)66)58-48(79)33(19-28-12-8-5-9-13-28)56-36(64)23-52-35(63)22-53-45(76)32(18-27-10-6-4-7-11-27)60-49(80)34(21-40(71)72)59-44(75)29(51)20-39(69)70/h4-13,24-26,29-34,41,62H,14-23,51H2,1-3H3,(H,52,63)(H,53,76)(H,54,73)(H,55,77)(H,56,64)(H,57,74)(H,58,79)(H,59,75)(H,60,80)(H,61,78)(H,65,66)(H,67,68)(H,69,70)(H,71,72)(H,81,82)/t24-,25-,26+,29-,30-,31-,32-,33-,34-,41-/m0/s1. The van der Waals surface area contributed by atoms with Gasteiger partial charge in [-0.15, -0.1) is 0 Å². The van der Waals surface area contributed by atoms with E-state index in [9.17, 15) is 92.3 Å². The summed E-state index contributed by atoms with van der Waals surface area (Å²) >= 11 is 0. The molecule has 0 spiro atoms. The van der Waals surface area contributed by atoms with E-state index in [0.717, 1.165) is 20.8 Å². The number of nitrogens with two attached hydrogens (primary N) is 1. The highest BCUT2D eigenvalue weighted by Crippen LogP contribution is 2.09. The van der Waals surface area contributed by atoms with Crippen LogP contribution in [0.5, 0.6) is 0 Å². The number of benzene rings is 2. The third-order valence-corrected chi connectivity index (χ3v) is 11.6. The van der Waals surface area contributed by atoms with E-state index in [1.807, 2.05) is 5.32 Å². The minimum Gasteiger partial charge on any atom is -0.481 e. The molecule has 0 aromatic heterocycles. The smallest absolute Gasteiger partial charge is 0.328 e. The minimum absolute atomic E-state index is 0.232. The Morgan fingerprint density at radius 3 is 1.27 bits per heavy atom. The third-order valence-electron chi connectivity index (χ3n) is 11.6. The van der Waals surface area contributed by atoms with Crippen molar-refractivity contribution in [3.05, 3.63) is 71.8 Å². The first-order valence-electron chi connectivity index (χ1n) is 25.1. The number of hydrogen-bond acceptors (Lipinski definition) is 17. The van der Waals surface area contributed by atoms with Crippen LogP contribution in [0.4, 0.5) is 0 Å². The lowest BCUT2D eigenvalue weighted by Gasteiger charge is -2.25. The van der Waals surface area contributed by atoms with Gasteiger partial charge in [0, 0.05) is 25.7 Å². The molecule has 0 aliphatic heterocycles. The van der Waals surface area contributed by atoms with Gasteiger partial charge in [-0.25, -0.2) is 4.79 Å². The molecule has 0 fully saturated rings. The Bertz CT molecular complexity index is 2640. The Balaban J connectivity index is 2.20. The summed E-state index contributed by atoms with van der Waals surface area (Å²) in [5, 5.41) is 78.5. The van der Waals surface area contributed by atoms with Crippen LogP contribution in [-0.2, 0) is 84.8 Å². The second-order valence-electron chi connectivity index (χ2n) is 18.4. The van der Waals surface area contributed by atoms with Crippen molar-refractivity contribution >= 4 is 88.9 Å². The molecule has 0 heterocycles. The Hall–Kier alpha value is -9.59. The number of carbonyl (C=O) groups excluding carboxylic acids is 10. The van der Waals surface area contributed by atoms with Crippen molar-refractivity contribution in [2.75, 3.05) is 13.1 Å². The molecule has 0 bridgehead atoms. The molecule has 0 aliphatic carbocycles. The number of rotatable bonds is 36. The number of amides is 10. The zero-order valence-electron chi connectivity index (χ0n) is 44.5. The van der Waals surface area contributed by atoms with Crippen molar-refractivity contribution in [2.24, 2.45) is 5.73 Å². The van der Waals surface area contributed by atoms with Gasteiger partial charge in [0.1, 0.15) is 42.3 Å². The van der Waals surface area contributed by atoms with Crippen LogP contribution in [0.25, 0.3) is 0 Å². The number of nitrogens with one attached hydrogen (secondary N) is 10. The molecule has 0 saturated carbocycles. The van der Waals surface area contributed by atoms with E-state index in [4.69, 9.17) is 15.9 Å². The largest absolute Gasteiger partial charge is 0.481 e. The lowest BCUT2D eigenvalue weighted by atomic mass is 10.0. The number of carboxylic acids is 5. The van der Waals surface area contributed by atoms with Crippen LogP contribution in [0.15, 0.2) is 60.7 Å². The molecule has 18 N–H and O–H groups in total. The average molecular weight is 1160 g/mol. The van der Waals surface area contributed by atoms with Gasteiger partial charge in [-0.3, -0.25) is 67.1 Å². The summed E-state index contributed by atoms with van der Waals surface area (Å²) in [5.41, 5.74) is 6.51. The van der Waals surface area contributed by atoms with Crippen LogP contribution < -0.4 is 58.9 Å². The zero-order chi connectivity index (χ0) is 61.8. The van der Waals surface area contributed by atoms with Gasteiger partial charge in [0.2, 0.25) is 59.1 Å². The Kier molecular flexibility index (Phi) is 28.8. The third kappa shape index (κ3) is 25.9. The maximum Gasteiger partial charge on any atom is 0.328 e. The zero-order valence-corrected chi connectivity index (χ0v) is 44.5. The second-order valence-corrected chi connectivity index (χ2v) is 18.4. The highest BCUT2D eigenvalue weighted by atomic mass is 16.4. The molecule has 0 aliphatic rings. The van der Waals surface area contributed by atoms with Gasteiger partial charge in [-0.2, -0.15) is 0 Å². The van der Waals surface area contributed by atoms with Crippen LogP contribution in [0.1, 0.15) is 70.4 Å². The van der Waals surface area contributed by atoms with Gasteiger partial charge in [-0.1, -0.05) is 60.7 Å². The number of aliphatic hydroxyl groups is 1. The maximum absolute atomic E-state index is 13.9. The molecule has 448 valence electrons. The summed E-state index contributed by atoms with van der Waals surface area (Å²) in [5.74, 6) is -18.2. The van der Waals surface area contributed by atoms with Crippen LogP contribution >= 0.6 is 0 Å². The summed E-state index contributed by atoms with van der Waals surface area (Å²) in [7, 11) is 0. The SMILES string of the molecule is C[C@H](NC(=O)[C@H](C)NC(=O)[C@H](CCC(=O)O)NC(=O)[C@H](Cc1ccccc1)NC(=O)CNC(=O)CNC(=O)[C@H](Cc1ccccc1)NC(=O)[C@H](CC(=O)O)NC(=O)[C@@H](N)CC(=O)O)C(=O)N[C@@H](CCC(=O)O)C(=O)N[C@H](C(=O)O)[C@@H](C)O. The van der Waals surface area contributed by atoms with Gasteiger partial charge in [0.25, 0.3) is 0 Å². The van der Waals surface area contributed by atoms with Crippen LogP contribution in [0, 0.1) is 0 Å². The van der Waals surface area contributed by atoms with Gasteiger partial charge < -0.3 is 89.5 Å². The van der Waals surface area contributed by atoms with Gasteiger partial charge in [-0.05, 0) is 44.7 Å². The average Bonchev–Trinajstić information content (AvgIpc) is 3.45. The van der Waals surface area contributed by atoms with E-state index in [1.165, 1.54) is 0 Å². The van der Waals surface area contributed by atoms with Gasteiger partial charge >= 0.3 is 29.8 Å². The fourth-order valence-corrected chi connectivity index (χ4v) is 7.18. The number of hydrogen-bond donors (Lipinski definition) is 17. The molecular formula is C50H67N11O21. The van der Waals surface area contributed by atoms with E-state index in [-0.39, 0.29) is 12.8 Å². The molecule has 10 amide bonds. The number of carboxylic acid groups (broad SMARTS) is 5. The number of carbonyl (C=O) groups is 15. The summed E-state index contributed by atoms with van der Waals surface area (Å²) in [6.07, 6.45) is -6.43. The van der Waals surface area contributed by atoms with Gasteiger partial charge in [0.05, 0.1) is 38.1 Å². The second kappa shape index (κ2) is 34.4. The van der Waals surface area contributed by atoms with Crippen LogP contribution in [0.3, 0.4) is 0 Å². The summed E-state index contributed by atoms with van der Waals surface area (Å²) in [4.78, 5) is 189. The van der Waals surface area contributed by atoms with Crippen molar-refractivity contribution in [1.29, 1.82) is 0 Å². The van der Waals surface area contributed by atoms with Crippen molar-refractivity contribution in [2.45, 2.75) is 133 Å². The first kappa shape index (κ1) is 68.5. The molecule has 0 unspecified atom stereocenters. The molecule has 82 heavy (non-hydrogen) atoms. The Labute approximate surface area is 466 Å². The normalized spacial score (nSPS) is 14.4. The summed E-state index contributed by atoms with van der Waals surface area (Å²) < 4.78 is 0. The highest BCUT2D eigenvalue weighted by molar-refractivity contribution is 5.99. The van der Waals surface area contributed by atoms with Crippen molar-refractivity contribution < 1.29 is 103 Å². The molecule has 2 rings (SSSR count). The minimum atomic E-state index is -1.84.